The molecule has 0 unspecified atom stereocenters. The SMILES string of the molecule is CC(=O)OCOC(=O)C1CC1. The fourth-order valence-corrected chi connectivity index (χ4v) is 0.607. The molecule has 1 rings (SSSR count). The van der Waals surface area contributed by atoms with Crippen molar-refractivity contribution in [3.05, 3.63) is 0 Å². The van der Waals surface area contributed by atoms with E-state index in [1.54, 1.807) is 0 Å². The van der Waals surface area contributed by atoms with Gasteiger partial charge in [0.15, 0.2) is 0 Å². The van der Waals surface area contributed by atoms with Crippen LogP contribution in [0.4, 0.5) is 0 Å². The van der Waals surface area contributed by atoms with Crippen LogP contribution in [-0.4, -0.2) is 18.7 Å². The summed E-state index contributed by atoms with van der Waals surface area (Å²) in [6.07, 6.45) is 1.80. The Bertz CT molecular complexity index is 171. The Hall–Kier alpha value is -1.06. The van der Waals surface area contributed by atoms with Crippen molar-refractivity contribution in [1.29, 1.82) is 0 Å². The second-order valence-corrected chi connectivity index (χ2v) is 2.49. The molecule has 0 atom stereocenters. The number of hydrogen-bond acceptors (Lipinski definition) is 4. The van der Waals surface area contributed by atoms with Gasteiger partial charge in [-0.2, -0.15) is 0 Å². The van der Waals surface area contributed by atoms with Crippen LogP contribution in [0.1, 0.15) is 19.8 Å². The first kappa shape index (κ1) is 8.04. The van der Waals surface area contributed by atoms with Gasteiger partial charge in [-0.15, -0.1) is 0 Å². The van der Waals surface area contributed by atoms with Crippen molar-refractivity contribution in [2.45, 2.75) is 19.8 Å². The third-order valence-electron chi connectivity index (χ3n) is 1.37. The van der Waals surface area contributed by atoms with Crippen LogP contribution in [-0.2, 0) is 19.1 Å². The van der Waals surface area contributed by atoms with Crippen LogP contribution in [0.25, 0.3) is 0 Å². The van der Waals surface area contributed by atoms with Crippen LogP contribution >= 0.6 is 0 Å². The summed E-state index contributed by atoms with van der Waals surface area (Å²) in [6, 6.07) is 0. The van der Waals surface area contributed by atoms with Gasteiger partial charge >= 0.3 is 11.9 Å². The van der Waals surface area contributed by atoms with E-state index in [9.17, 15) is 9.59 Å². The van der Waals surface area contributed by atoms with Crippen molar-refractivity contribution in [3.8, 4) is 0 Å². The fraction of sp³-hybridized carbons (Fsp3) is 0.714. The van der Waals surface area contributed by atoms with Crippen molar-refractivity contribution in [2.24, 2.45) is 5.92 Å². The van der Waals surface area contributed by atoms with E-state index < -0.39 is 5.97 Å². The average Bonchev–Trinajstić information content (AvgIpc) is 2.66. The Kier molecular flexibility index (Phi) is 2.46. The van der Waals surface area contributed by atoms with E-state index in [1.165, 1.54) is 6.92 Å². The molecular formula is C7H10O4. The fourth-order valence-electron chi connectivity index (χ4n) is 0.607. The lowest BCUT2D eigenvalue weighted by molar-refractivity contribution is -0.166. The molecule has 0 saturated heterocycles. The summed E-state index contributed by atoms with van der Waals surface area (Å²) in [5.41, 5.74) is 0. The molecule has 0 amide bonds. The predicted octanol–water partition coefficient (Wildman–Crippen LogP) is 0.460. The average molecular weight is 158 g/mol. The highest BCUT2D eigenvalue weighted by Gasteiger charge is 2.31. The van der Waals surface area contributed by atoms with Gasteiger partial charge in [0, 0.05) is 6.92 Å². The standard InChI is InChI=1S/C7H10O4/c1-5(8)10-4-11-7(9)6-2-3-6/h6H,2-4H2,1H3. The summed E-state index contributed by atoms with van der Waals surface area (Å²) in [5, 5.41) is 0. The van der Waals surface area contributed by atoms with Crippen LogP contribution in [0.5, 0.6) is 0 Å². The number of hydrogen-bond donors (Lipinski definition) is 0. The molecule has 0 radical (unpaired) electrons. The highest BCUT2D eigenvalue weighted by Crippen LogP contribution is 2.29. The minimum Gasteiger partial charge on any atom is -0.428 e. The Morgan fingerprint density at radius 1 is 1.36 bits per heavy atom. The van der Waals surface area contributed by atoms with Gasteiger partial charge in [-0.25, -0.2) is 0 Å². The van der Waals surface area contributed by atoms with Gasteiger partial charge in [0.2, 0.25) is 6.79 Å². The lowest BCUT2D eigenvalue weighted by Crippen LogP contribution is -2.11. The number of carbonyl (C=O) groups is 2. The summed E-state index contributed by atoms with van der Waals surface area (Å²) >= 11 is 0. The topological polar surface area (TPSA) is 52.6 Å². The zero-order valence-electron chi connectivity index (χ0n) is 6.33. The largest absolute Gasteiger partial charge is 0.428 e. The van der Waals surface area contributed by atoms with Crippen LogP contribution in [0, 0.1) is 5.92 Å². The van der Waals surface area contributed by atoms with E-state index in [0.717, 1.165) is 12.8 Å². The number of rotatable bonds is 3. The summed E-state index contributed by atoms with van der Waals surface area (Å²) < 4.78 is 9.00. The molecule has 0 aromatic heterocycles. The first-order valence-electron chi connectivity index (χ1n) is 3.50. The molecule has 1 aliphatic rings. The van der Waals surface area contributed by atoms with Gasteiger partial charge < -0.3 is 9.47 Å². The quantitative estimate of drug-likeness (QED) is 0.442. The van der Waals surface area contributed by atoms with E-state index in [0.29, 0.717) is 0 Å². The molecule has 0 bridgehead atoms. The van der Waals surface area contributed by atoms with Gasteiger partial charge in [0.05, 0.1) is 5.92 Å². The minimum absolute atomic E-state index is 0.0607. The molecule has 0 spiro atoms. The van der Waals surface area contributed by atoms with Crippen LogP contribution < -0.4 is 0 Å². The Balaban J connectivity index is 2.02. The van der Waals surface area contributed by atoms with Crippen molar-refractivity contribution >= 4 is 11.9 Å². The molecule has 0 aromatic carbocycles. The van der Waals surface area contributed by atoms with Crippen LogP contribution in [0.3, 0.4) is 0 Å². The smallest absolute Gasteiger partial charge is 0.311 e. The number of ether oxygens (including phenoxy) is 2. The third kappa shape index (κ3) is 3.02. The summed E-state index contributed by atoms with van der Waals surface area (Å²) in [5.74, 6) is -0.634. The molecule has 0 aromatic rings. The van der Waals surface area contributed by atoms with Gasteiger partial charge in [0.1, 0.15) is 0 Å². The summed E-state index contributed by atoms with van der Waals surface area (Å²) in [6.45, 7) is 1.02. The second-order valence-electron chi connectivity index (χ2n) is 2.49. The maximum Gasteiger partial charge on any atom is 0.311 e. The van der Waals surface area contributed by atoms with Crippen molar-refractivity contribution in [2.75, 3.05) is 6.79 Å². The maximum atomic E-state index is 10.8. The zero-order valence-corrected chi connectivity index (χ0v) is 6.33. The Labute approximate surface area is 64.5 Å². The lowest BCUT2D eigenvalue weighted by Gasteiger charge is -2.02. The summed E-state index contributed by atoms with van der Waals surface area (Å²) in [4.78, 5) is 21.0. The van der Waals surface area contributed by atoms with E-state index in [-0.39, 0.29) is 18.7 Å². The molecule has 0 N–H and O–H groups in total. The monoisotopic (exact) mass is 158 g/mol. The predicted molar refractivity (Wildman–Crippen MR) is 35.4 cm³/mol. The van der Waals surface area contributed by atoms with Gasteiger partial charge in [-0.05, 0) is 12.8 Å². The van der Waals surface area contributed by atoms with Crippen molar-refractivity contribution in [1.82, 2.24) is 0 Å². The molecular weight excluding hydrogens is 148 g/mol. The Morgan fingerprint density at radius 3 is 2.45 bits per heavy atom. The first-order valence-corrected chi connectivity index (χ1v) is 3.50. The molecule has 4 nitrogen and oxygen atoms in total. The zero-order chi connectivity index (χ0) is 8.27. The van der Waals surface area contributed by atoms with Crippen molar-refractivity contribution < 1.29 is 19.1 Å². The highest BCUT2D eigenvalue weighted by molar-refractivity contribution is 5.75. The van der Waals surface area contributed by atoms with Crippen LogP contribution in [0.2, 0.25) is 0 Å². The maximum absolute atomic E-state index is 10.8. The minimum atomic E-state index is -0.436. The number of carbonyl (C=O) groups excluding carboxylic acids is 2. The van der Waals surface area contributed by atoms with E-state index in [4.69, 9.17) is 0 Å². The molecule has 0 heterocycles. The molecule has 4 heteroatoms. The van der Waals surface area contributed by atoms with Crippen LogP contribution in [0.15, 0.2) is 0 Å². The van der Waals surface area contributed by atoms with E-state index in [1.807, 2.05) is 0 Å². The summed E-state index contributed by atoms with van der Waals surface area (Å²) in [7, 11) is 0. The lowest BCUT2D eigenvalue weighted by atomic mass is 10.4. The molecule has 11 heavy (non-hydrogen) atoms. The Morgan fingerprint density at radius 2 is 2.00 bits per heavy atom. The molecule has 1 saturated carbocycles. The normalized spacial score (nSPS) is 15.7. The van der Waals surface area contributed by atoms with E-state index >= 15 is 0 Å². The third-order valence-corrected chi connectivity index (χ3v) is 1.37. The van der Waals surface area contributed by atoms with E-state index in [2.05, 4.69) is 9.47 Å². The molecule has 1 aliphatic carbocycles. The van der Waals surface area contributed by atoms with Gasteiger partial charge in [0.25, 0.3) is 0 Å². The first-order chi connectivity index (χ1) is 5.20. The molecule has 62 valence electrons. The molecule has 0 aliphatic heterocycles. The van der Waals surface area contributed by atoms with Crippen molar-refractivity contribution in [3.63, 3.8) is 0 Å². The number of esters is 2. The highest BCUT2D eigenvalue weighted by atomic mass is 16.7. The second kappa shape index (κ2) is 3.37. The van der Waals surface area contributed by atoms with Gasteiger partial charge in [-0.3, -0.25) is 9.59 Å². The van der Waals surface area contributed by atoms with Gasteiger partial charge in [-0.1, -0.05) is 0 Å². The molecule has 1 fully saturated rings.